The molecule has 0 bridgehead atoms. The SMILES string of the molecule is Cc1c(N2CCN(C(=O)c3ncc[nH]3)CC2)nc2cc(F)cc(F)c2c1Nc1cncc(N2CCOCC2)c1.Cc1c(N2CCNCC2)nc2cc(F)cc(F)c2c1Nc1cncc(N2CCOCC2)c1. The molecule has 0 spiro atoms. The molecular formula is C50H54F4N14O3. The number of rotatable bonds is 9. The Morgan fingerprint density at radius 2 is 1.07 bits per heavy atom. The number of carbonyl (C=O) groups excluding carboxylic acids is 1. The smallest absolute Gasteiger partial charge is 0.289 e. The summed E-state index contributed by atoms with van der Waals surface area (Å²) in [6.45, 7) is 14.7. The Balaban J connectivity index is 0.000000167. The number of morpholine rings is 2. The number of nitrogens with zero attached hydrogens (tertiary/aromatic N) is 10. The minimum absolute atomic E-state index is 0.165. The first kappa shape index (κ1) is 47.3. The standard InChI is InChI=1S/C27H28F2N8O2.C23H26F2N6O/c1-17-24(33-19-14-20(16-30-15-19)35-8-10-39-11-9-35)23-21(29)12-18(28)13-22(23)34-26(17)36-4-6-37(7-5-36)27(38)25-31-2-3-32-25;1-15-22(28-17-12-18(14-27-13-17)30-6-8-32-9-7-30)21-19(25)10-16(24)11-20(21)29-23(15)31-4-2-26-3-5-31/h2-3,12-16H,4-11H2,1H3,(H,31,32)(H,33,34);10-14,26H,2-9H2,1H3,(H,28,29). The summed E-state index contributed by atoms with van der Waals surface area (Å²) in [4.78, 5) is 48.0. The van der Waals surface area contributed by atoms with Crippen molar-refractivity contribution in [2.75, 3.05) is 135 Å². The maximum Gasteiger partial charge on any atom is 0.289 e. The molecule has 1 amide bonds. The van der Waals surface area contributed by atoms with Crippen LogP contribution in [-0.2, 0) is 9.47 Å². The average molecular weight is 975 g/mol. The number of amides is 1. The van der Waals surface area contributed by atoms with Gasteiger partial charge in [-0.15, -0.1) is 0 Å². The van der Waals surface area contributed by atoms with E-state index >= 15 is 4.39 Å². The van der Waals surface area contributed by atoms with Gasteiger partial charge in [-0.2, -0.15) is 0 Å². The van der Waals surface area contributed by atoms with Crippen molar-refractivity contribution in [3.05, 3.63) is 114 Å². The van der Waals surface area contributed by atoms with Crippen LogP contribution in [0.15, 0.2) is 73.6 Å². The molecule has 17 nitrogen and oxygen atoms in total. The Hall–Kier alpha value is -7.36. The number of nitrogens with one attached hydrogen (secondary N) is 4. The van der Waals surface area contributed by atoms with Gasteiger partial charge in [-0.25, -0.2) is 32.5 Å². The predicted octanol–water partition coefficient (Wildman–Crippen LogP) is 6.69. The van der Waals surface area contributed by atoms with Crippen LogP contribution >= 0.6 is 0 Å². The minimum Gasteiger partial charge on any atom is -0.378 e. The number of anilines is 8. The lowest BCUT2D eigenvalue weighted by Gasteiger charge is -2.36. The van der Waals surface area contributed by atoms with Gasteiger partial charge in [0.15, 0.2) is 5.82 Å². The van der Waals surface area contributed by atoms with Gasteiger partial charge >= 0.3 is 0 Å². The number of aromatic amines is 1. The summed E-state index contributed by atoms with van der Waals surface area (Å²) in [5.74, 6) is -1.18. The third-order valence-corrected chi connectivity index (χ3v) is 13.2. The highest BCUT2D eigenvalue weighted by atomic mass is 19.1. The first-order valence-corrected chi connectivity index (χ1v) is 23.8. The van der Waals surface area contributed by atoms with Gasteiger partial charge in [0.1, 0.15) is 34.9 Å². The Labute approximate surface area is 407 Å². The lowest BCUT2D eigenvalue weighted by molar-refractivity contribution is 0.0735. The summed E-state index contributed by atoms with van der Waals surface area (Å²) in [7, 11) is 0. The van der Waals surface area contributed by atoms with Crippen LogP contribution in [0.1, 0.15) is 21.7 Å². The Bertz CT molecular complexity index is 3030. The number of piperazine rings is 2. The maximum atomic E-state index is 15.2. The van der Waals surface area contributed by atoms with Gasteiger partial charge in [0.25, 0.3) is 5.91 Å². The molecule has 4 N–H and O–H groups in total. The molecule has 4 aliphatic rings. The van der Waals surface area contributed by atoms with Crippen LogP contribution in [0.2, 0.25) is 0 Å². The van der Waals surface area contributed by atoms with Crippen molar-refractivity contribution in [1.29, 1.82) is 0 Å². The van der Waals surface area contributed by atoms with Crippen molar-refractivity contribution < 1.29 is 31.8 Å². The van der Waals surface area contributed by atoms with E-state index in [9.17, 15) is 18.0 Å². The molecule has 4 saturated heterocycles. The predicted molar refractivity (Wildman–Crippen MR) is 266 cm³/mol. The van der Waals surface area contributed by atoms with E-state index in [1.807, 2.05) is 37.1 Å². The van der Waals surface area contributed by atoms with Gasteiger partial charge in [0.2, 0.25) is 0 Å². The van der Waals surface area contributed by atoms with Crippen molar-refractivity contribution in [3.8, 4) is 0 Å². The van der Waals surface area contributed by atoms with E-state index in [-0.39, 0.29) is 22.2 Å². The van der Waals surface area contributed by atoms with Crippen LogP contribution in [0, 0.1) is 37.1 Å². The molecule has 0 aliphatic carbocycles. The molecular weight excluding hydrogens is 921 g/mol. The van der Waals surface area contributed by atoms with Crippen LogP contribution in [0.4, 0.5) is 63.3 Å². The van der Waals surface area contributed by atoms with E-state index in [1.54, 1.807) is 35.9 Å². The molecule has 4 fully saturated rings. The van der Waals surface area contributed by atoms with Gasteiger partial charge in [-0.05, 0) is 26.0 Å². The molecule has 0 saturated carbocycles. The van der Waals surface area contributed by atoms with Gasteiger partial charge < -0.3 is 54.9 Å². The van der Waals surface area contributed by atoms with Crippen LogP contribution in [0.3, 0.4) is 0 Å². The van der Waals surface area contributed by atoms with E-state index in [4.69, 9.17) is 9.47 Å². The second-order valence-electron chi connectivity index (χ2n) is 17.7. The zero-order chi connectivity index (χ0) is 49.0. The van der Waals surface area contributed by atoms with E-state index in [2.05, 4.69) is 60.6 Å². The van der Waals surface area contributed by atoms with Crippen LogP contribution in [0.25, 0.3) is 21.8 Å². The van der Waals surface area contributed by atoms with Gasteiger partial charge in [-0.3, -0.25) is 14.8 Å². The number of halogens is 4. The number of carbonyl (C=O) groups is 1. The molecule has 9 heterocycles. The average Bonchev–Trinajstić information content (AvgIpc) is 3.94. The van der Waals surface area contributed by atoms with Crippen molar-refractivity contribution >= 4 is 73.5 Å². The second-order valence-corrected chi connectivity index (χ2v) is 17.7. The molecule has 7 aromatic rings. The Morgan fingerprint density at radius 1 is 0.592 bits per heavy atom. The maximum absolute atomic E-state index is 15.2. The van der Waals surface area contributed by atoms with E-state index < -0.39 is 23.3 Å². The van der Waals surface area contributed by atoms with Crippen molar-refractivity contribution in [1.82, 2.24) is 40.1 Å². The number of hydrogen-bond acceptors (Lipinski definition) is 15. The van der Waals surface area contributed by atoms with Crippen LogP contribution in [-0.4, -0.2) is 146 Å². The monoisotopic (exact) mass is 974 g/mol. The zero-order valence-corrected chi connectivity index (χ0v) is 39.5. The second kappa shape index (κ2) is 20.9. The highest BCUT2D eigenvalue weighted by Gasteiger charge is 2.28. The Kier molecular flexibility index (Phi) is 13.9. The van der Waals surface area contributed by atoms with Crippen LogP contribution < -0.4 is 35.6 Å². The lowest BCUT2D eigenvalue weighted by Crippen LogP contribution is -2.49. The van der Waals surface area contributed by atoms with Crippen LogP contribution in [0.5, 0.6) is 0 Å². The molecule has 370 valence electrons. The minimum atomic E-state index is -0.696. The van der Waals surface area contributed by atoms with Crippen molar-refractivity contribution in [2.24, 2.45) is 0 Å². The summed E-state index contributed by atoms with van der Waals surface area (Å²) in [5.41, 5.74) is 6.45. The molecule has 5 aromatic heterocycles. The van der Waals surface area contributed by atoms with E-state index in [1.165, 1.54) is 12.1 Å². The number of aromatic nitrogens is 6. The number of benzene rings is 2. The number of pyridine rings is 4. The summed E-state index contributed by atoms with van der Waals surface area (Å²) < 4.78 is 69.3. The van der Waals surface area contributed by atoms with Gasteiger partial charge in [0, 0.05) is 126 Å². The number of hydrogen-bond donors (Lipinski definition) is 4. The number of ether oxygens (including phenoxy) is 2. The molecule has 2 aromatic carbocycles. The fraction of sp³-hybridized carbons (Fsp3) is 0.360. The molecule has 4 aliphatic heterocycles. The first-order chi connectivity index (χ1) is 34.6. The summed E-state index contributed by atoms with van der Waals surface area (Å²) in [6, 6.07) is 8.26. The summed E-state index contributed by atoms with van der Waals surface area (Å²) in [6.07, 6.45) is 10.2. The number of H-pyrrole nitrogens is 1. The van der Waals surface area contributed by atoms with Gasteiger partial charge in [-0.1, -0.05) is 0 Å². The lowest BCUT2D eigenvalue weighted by atomic mass is 10.1. The molecule has 11 rings (SSSR count). The molecule has 21 heteroatoms. The largest absolute Gasteiger partial charge is 0.378 e. The molecule has 0 radical (unpaired) electrons. The van der Waals surface area contributed by atoms with Crippen molar-refractivity contribution in [2.45, 2.75) is 13.8 Å². The fourth-order valence-electron chi connectivity index (χ4n) is 9.51. The molecule has 0 unspecified atom stereocenters. The zero-order valence-electron chi connectivity index (χ0n) is 39.5. The topological polar surface area (TPSA) is 168 Å². The Morgan fingerprint density at radius 3 is 1.54 bits per heavy atom. The quantitative estimate of drug-likeness (QED) is 0.113. The highest BCUT2D eigenvalue weighted by Crippen LogP contribution is 2.39. The summed E-state index contributed by atoms with van der Waals surface area (Å²) >= 11 is 0. The number of imidazole rings is 1. The fourth-order valence-corrected chi connectivity index (χ4v) is 9.51. The molecule has 0 atom stereocenters. The highest BCUT2D eigenvalue weighted by molar-refractivity contribution is 5.99. The summed E-state index contributed by atoms with van der Waals surface area (Å²) in [5, 5.41) is 10.5. The first-order valence-electron chi connectivity index (χ1n) is 23.8. The normalized spacial score (nSPS) is 16.6. The van der Waals surface area contributed by atoms with Gasteiger partial charge in [0.05, 0.1) is 107 Å². The third-order valence-electron chi connectivity index (χ3n) is 13.2. The van der Waals surface area contributed by atoms with E-state index in [0.717, 1.165) is 98.5 Å². The van der Waals surface area contributed by atoms with Crippen molar-refractivity contribution in [3.63, 3.8) is 0 Å². The number of fused-ring (bicyclic) bond motifs is 2. The molecule has 71 heavy (non-hydrogen) atoms. The van der Waals surface area contributed by atoms with E-state index in [0.29, 0.717) is 86.8 Å². The third kappa shape index (κ3) is 10.3.